The predicted molar refractivity (Wildman–Crippen MR) is 219 cm³/mol. The Bertz CT molecular complexity index is 2370. The summed E-state index contributed by atoms with van der Waals surface area (Å²) in [5.74, 6) is 0. The molecule has 8 bridgehead atoms. The lowest BCUT2D eigenvalue weighted by molar-refractivity contribution is 1.28. The summed E-state index contributed by atoms with van der Waals surface area (Å²) in [5.41, 5.74) is 15.8. The Morgan fingerprint density at radius 2 is 1.10 bits per heavy atom. The Balaban J connectivity index is 1.85. The monoisotopic (exact) mass is 650 g/mol. The van der Waals surface area contributed by atoms with Crippen LogP contribution >= 0.6 is 0 Å². The zero-order chi connectivity index (χ0) is 35.0. The van der Waals surface area contributed by atoms with Gasteiger partial charge in [-0.2, -0.15) is 0 Å². The topological polar surface area (TPSA) is 57.4 Å². The lowest BCUT2D eigenvalue weighted by Crippen LogP contribution is -1.92. The second-order valence-electron chi connectivity index (χ2n) is 12.1. The van der Waals surface area contributed by atoms with Gasteiger partial charge >= 0.3 is 0 Å². The van der Waals surface area contributed by atoms with Crippen LogP contribution in [0.15, 0.2) is 135 Å². The van der Waals surface area contributed by atoms with Gasteiger partial charge in [-0.1, -0.05) is 110 Å². The van der Waals surface area contributed by atoms with E-state index < -0.39 is 0 Å². The molecule has 2 aliphatic rings. The summed E-state index contributed by atoms with van der Waals surface area (Å²) in [6.45, 7) is 16.1. The Labute approximate surface area is 295 Å². The molecule has 4 nitrogen and oxygen atoms in total. The third kappa shape index (κ3) is 6.83. The van der Waals surface area contributed by atoms with Gasteiger partial charge in [-0.05, 0) is 98.5 Å². The molecule has 0 radical (unpaired) electrons. The van der Waals surface area contributed by atoms with E-state index in [1.807, 2.05) is 37.3 Å². The molecule has 0 saturated heterocycles. The largest absolute Gasteiger partial charge is 0.354 e. The van der Waals surface area contributed by atoms with Gasteiger partial charge in [-0.25, -0.2) is 9.97 Å². The van der Waals surface area contributed by atoms with E-state index in [1.165, 1.54) is 0 Å². The van der Waals surface area contributed by atoms with Crippen LogP contribution in [0.5, 0.6) is 0 Å². The molecule has 50 heavy (non-hydrogen) atoms. The van der Waals surface area contributed by atoms with Crippen LogP contribution in [0.2, 0.25) is 0 Å². The van der Waals surface area contributed by atoms with Crippen molar-refractivity contribution < 1.29 is 0 Å². The fourth-order valence-electron chi connectivity index (χ4n) is 6.43. The third-order valence-corrected chi connectivity index (χ3v) is 8.75. The Morgan fingerprint density at radius 3 is 1.70 bits per heavy atom. The Morgan fingerprint density at radius 1 is 0.580 bits per heavy atom. The molecule has 4 heteroatoms. The molecule has 0 aliphatic carbocycles. The van der Waals surface area contributed by atoms with Crippen molar-refractivity contribution in [1.29, 1.82) is 0 Å². The van der Waals surface area contributed by atoms with Crippen LogP contribution in [0.4, 0.5) is 0 Å². The molecule has 5 heterocycles. The van der Waals surface area contributed by atoms with Crippen molar-refractivity contribution in [2.45, 2.75) is 27.7 Å². The van der Waals surface area contributed by atoms with Gasteiger partial charge in [0.2, 0.25) is 0 Å². The van der Waals surface area contributed by atoms with E-state index in [-0.39, 0.29) is 0 Å². The molecule has 0 amide bonds. The number of nitrogens with zero attached hydrogens (tertiary/aromatic N) is 2. The lowest BCUT2D eigenvalue weighted by atomic mass is 10.0. The lowest BCUT2D eigenvalue weighted by Gasteiger charge is -2.07. The van der Waals surface area contributed by atoms with E-state index in [4.69, 9.17) is 9.97 Å². The first-order chi connectivity index (χ1) is 24.5. The fourth-order valence-corrected chi connectivity index (χ4v) is 6.43. The first kappa shape index (κ1) is 33.6. The number of nitrogens with one attached hydrogen (secondary N) is 2. The number of aromatic amines is 2. The second kappa shape index (κ2) is 15.3. The number of allylic oxidation sites excluding steroid dienone is 14. The molecule has 246 valence electrons. The van der Waals surface area contributed by atoms with Gasteiger partial charge in [-0.15, -0.1) is 0 Å². The second-order valence-corrected chi connectivity index (χ2v) is 12.1. The van der Waals surface area contributed by atoms with Crippen molar-refractivity contribution in [3.8, 4) is 11.1 Å². The van der Waals surface area contributed by atoms with Crippen LogP contribution < -0.4 is 0 Å². The highest BCUT2D eigenvalue weighted by molar-refractivity contribution is 5.97. The molecule has 0 atom stereocenters. The van der Waals surface area contributed by atoms with E-state index in [1.54, 1.807) is 12.2 Å². The predicted octanol–water partition coefficient (Wildman–Crippen LogP) is 12.6. The molecule has 0 spiro atoms. The van der Waals surface area contributed by atoms with Gasteiger partial charge in [-0.3, -0.25) is 0 Å². The standard InChI is InChI=1S/C46H42N4/c1-7-11-15-19-32(6)44-36-24-23-35(47-36)43(31(5)18-12-8-2)37-25-27-39(48-37)45(33(10-4)20-13-9-3)40-29-30-42(50-40)46(34-21-16-14-17-22-34)41-28-26-38(44)49-41/h7-30,48-49H,1,3H2,2,4-6H3/b12-8-,15-11-,20-13-,31-18+,32-19+,33-10+,43-35?,43-37?,44-36?,44-38?,45-39?,45-40?,46-41?,46-42?. The van der Waals surface area contributed by atoms with E-state index >= 15 is 0 Å². The molecule has 6 rings (SSSR count). The molecular weight excluding hydrogens is 609 g/mol. The van der Waals surface area contributed by atoms with Crippen molar-refractivity contribution in [2.75, 3.05) is 0 Å². The molecule has 2 aliphatic heterocycles. The van der Waals surface area contributed by atoms with Crippen LogP contribution in [-0.4, -0.2) is 19.9 Å². The first-order valence-corrected chi connectivity index (χ1v) is 16.9. The third-order valence-electron chi connectivity index (χ3n) is 8.75. The van der Waals surface area contributed by atoms with Gasteiger partial charge in [0.1, 0.15) is 0 Å². The maximum Gasteiger partial charge on any atom is 0.0737 e. The van der Waals surface area contributed by atoms with Crippen molar-refractivity contribution >= 4 is 63.1 Å². The van der Waals surface area contributed by atoms with Gasteiger partial charge in [0.25, 0.3) is 0 Å². The summed E-state index contributed by atoms with van der Waals surface area (Å²) in [4.78, 5) is 18.2. The van der Waals surface area contributed by atoms with Crippen molar-refractivity contribution in [1.82, 2.24) is 19.9 Å². The quantitative estimate of drug-likeness (QED) is 0.153. The smallest absolute Gasteiger partial charge is 0.0737 e. The van der Waals surface area contributed by atoms with Crippen molar-refractivity contribution in [3.05, 3.63) is 174 Å². The highest BCUT2D eigenvalue weighted by atomic mass is 14.8. The maximum absolute atomic E-state index is 5.34. The summed E-state index contributed by atoms with van der Waals surface area (Å²) in [7, 11) is 0. The summed E-state index contributed by atoms with van der Waals surface area (Å²) in [6.07, 6.45) is 30.5. The molecular formula is C46H42N4. The van der Waals surface area contributed by atoms with Gasteiger partial charge in [0.15, 0.2) is 0 Å². The highest BCUT2D eigenvalue weighted by Crippen LogP contribution is 2.36. The molecule has 1 aromatic carbocycles. The minimum absolute atomic E-state index is 0.874. The van der Waals surface area contributed by atoms with Crippen LogP contribution in [0, 0.1) is 0 Å². The fraction of sp³-hybridized carbons (Fsp3) is 0.0870. The summed E-state index contributed by atoms with van der Waals surface area (Å²) >= 11 is 0. The number of hydrogen-bond acceptors (Lipinski definition) is 2. The number of H-pyrrole nitrogens is 2. The number of aromatic nitrogens is 4. The van der Waals surface area contributed by atoms with E-state index in [0.717, 1.165) is 89.4 Å². The number of hydrogen-bond donors (Lipinski definition) is 2. The minimum atomic E-state index is 0.874. The van der Waals surface area contributed by atoms with Gasteiger partial charge < -0.3 is 9.97 Å². The average molecular weight is 651 g/mol. The zero-order valence-corrected chi connectivity index (χ0v) is 29.2. The van der Waals surface area contributed by atoms with Crippen molar-refractivity contribution in [2.24, 2.45) is 0 Å². The van der Waals surface area contributed by atoms with Crippen LogP contribution in [-0.2, 0) is 0 Å². The highest BCUT2D eigenvalue weighted by Gasteiger charge is 2.18. The van der Waals surface area contributed by atoms with Gasteiger partial charge in [0, 0.05) is 44.3 Å². The normalized spacial score (nSPS) is 13.7. The van der Waals surface area contributed by atoms with E-state index in [0.29, 0.717) is 0 Å². The number of fused-ring (bicyclic) bond motifs is 8. The van der Waals surface area contributed by atoms with Crippen molar-refractivity contribution in [3.63, 3.8) is 0 Å². The molecule has 4 aromatic rings. The summed E-state index contributed by atoms with van der Waals surface area (Å²) in [5, 5.41) is 0. The molecule has 3 aromatic heterocycles. The van der Waals surface area contributed by atoms with E-state index in [9.17, 15) is 0 Å². The Hall–Kier alpha value is -6.26. The van der Waals surface area contributed by atoms with Crippen LogP contribution in [0.3, 0.4) is 0 Å². The van der Waals surface area contributed by atoms with Gasteiger partial charge in [0.05, 0.1) is 22.8 Å². The Kier molecular flexibility index (Phi) is 10.3. The molecule has 2 N–H and O–H groups in total. The van der Waals surface area contributed by atoms with E-state index in [2.05, 4.69) is 147 Å². The number of benzene rings is 1. The summed E-state index contributed by atoms with van der Waals surface area (Å²) < 4.78 is 0. The molecule has 0 unspecified atom stereocenters. The maximum atomic E-state index is 5.34. The summed E-state index contributed by atoms with van der Waals surface area (Å²) in [6, 6.07) is 19.0. The number of rotatable bonds is 9. The van der Waals surface area contributed by atoms with Crippen LogP contribution in [0.1, 0.15) is 67.2 Å². The SMILES string of the molecule is C=C/C=C\C=C(/C)c1c2nc(c(/C(C)=C/C=C\C)c3ccc([nH]3)c(C(/C=C\C=C)=C/C)c3nc(c(-c4ccccc4)c4ccc1[nH]4)C=C3)C=C2. The van der Waals surface area contributed by atoms with Crippen LogP contribution in [0.25, 0.3) is 74.2 Å². The molecule has 0 fully saturated rings. The first-order valence-electron chi connectivity index (χ1n) is 16.9. The zero-order valence-electron chi connectivity index (χ0n) is 29.2. The minimum Gasteiger partial charge on any atom is -0.354 e. The average Bonchev–Trinajstić information content (AvgIpc) is 3.97. The molecule has 0 saturated carbocycles.